The van der Waals surface area contributed by atoms with Gasteiger partial charge in [-0.2, -0.15) is 0 Å². The van der Waals surface area contributed by atoms with E-state index in [9.17, 15) is 4.79 Å². The normalized spacial score (nSPS) is 15.4. The summed E-state index contributed by atoms with van der Waals surface area (Å²) in [7, 11) is 2.17. The average molecular weight is 423 g/mol. The standard InChI is InChI=1S/C24H27ClN4O/c1-17-22(14-20-13-21(25)6-7-23(20)27-17)24(30)26-15-18-4-3-5-19(12-18)16-29-10-8-28(2)9-11-29/h3-7,12-14H,8-11,15-16H2,1-2H3,(H,26,30). The Morgan fingerprint density at radius 3 is 2.63 bits per heavy atom. The van der Waals surface area contributed by atoms with Gasteiger partial charge in [0.15, 0.2) is 0 Å². The lowest BCUT2D eigenvalue weighted by Gasteiger charge is -2.32. The van der Waals surface area contributed by atoms with Crippen LogP contribution < -0.4 is 5.32 Å². The van der Waals surface area contributed by atoms with Crippen LogP contribution >= 0.6 is 11.6 Å². The number of hydrogen-bond acceptors (Lipinski definition) is 4. The number of aryl methyl sites for hydroxylation is 1. The Labute approximate surface area is 182 Å². The first-order valence-electron chi connectivity index (χ1n) is 10.3. The van der Waals surface area contributed by atoms with E-state index in [1.165, 1.54) is 5.56 Å². The SMILES string of the molecule is Cc1nc2ccc(Cl)cc2cc1C(=O)NCc1cccc(CN2CCN(C)CC2)c1. The van der Waals surface area contributed by atoms with E-state index < -0.39 is 0 Å². The highest BCUT2D eigenvalue weighted by Crippen LogP contribution is 2.21. The Morgan fingerprint density at radius 1 is 1.07 bits per heavy atom. The van der Waals surface area contributed by atoms with Crippen LogP contribution in [0.4, 0.5) is 0 Å². The molecule has 6 heteroatoms. The molecule has 1 aromatic heterocycles. The van der Waals surface area contributed by atoms with E-state index in [4.69, 9.17) is 11.6 Å². The van der Waals surface area contributed by atoms with E-state index in [-0.39, 0.29) is 5.91 Å². The second-order valence-corrected chi connectivity index (χ2v) is 8.48. The van der Waals surface area contributed by atoms with Crippen LogP contribution in [0.15, 0.2) is 48.5 Å². The number of benzene rings is 2. The number of carbonyl (C=O) groups excluding carboxylic acids is 1. The number of nitrogens with one attached hydrogen (secondary N) is 1. The van der Waals surface area contributed by atoms with Gasteiger partial charge < -0.3 is 10.2 Å². The number of piperazine rings is 1. The highest BCUT2D eigenvalue weighted by atomic mass is 35.5. The molecular weight excluding hydrogens is 396 g/mol. The van der Waals surface area contributed by atoms with Gasteiger partial charge in [0.25, 0.3) is 5.91 Å². The van der Waals surface area contributed by atoms with E-state index in [2.05, 4.69) is 51.4 Å². The number of pyridine rings is 1. The van der Waals surface area contributed by atoms with E-state index in [1.807, 2.05) is 31.2 Å². The first-order valence-corrected chi connectivity index (χ1v) is 10.7. The van der Waals surface area contributed by atoms with Gasteiger partial charge in [-0.25, -0.2) is 0 Å². The minimum Gasteiger partial charge on any atom is -0.348 e. The topological polar surface area (TPSA) is 48.5 Å². The molecule has 1 fully saturated rings. The lowest BCUT2D eigenvalue weighted by molar-refractivity contribution is 0.0950. The van der Waals surface area contributed by atoms with Crippen molar-refractivity contribution in [3.8, 4) is 0 Å². The molecule has 2 aromatic carbocycles. The van der Waals surface area contributed by atoms with Crippen molar-refractivity contribution in [2.45, 2.75) is 20.0 Å². The Bertz CT molecular complexity index is 1060. The molecule has 5 nitrogen and oxygen atoms in total. The Hall–Kier alpha value is -2.47. The van der Waals surface area contributed by atoms with Crippen LogP contribution in [0.25, 0.3) is 10.9 Å². The van der Waals surface area contributed by atoms with Crippen molar-refractivity contribution >= 4 is 28.4 Å². The number of carbonyl (C=O) groups is 1. The van der Waals surface area contributed by atoms with Gasteiger partial charge >= 0.3 is 0 Å². The number of rotatable bonds is 5. The molecule has 1 amide bonds. The zero-order valence-electron chi connectivity index (χ0n) is 17.5. The van der Waals surface area contributed by atoms with E-state index in [1.54, 1.807) is 0 Å². The highest BCUT2D eigenvalue weighted by Gasteiger charge is 2.15. The number of halogens is 1. The van der Waals surface area contributed by atoms with Crippen molar-refractivity contribution < 1.29 is 4.79 Å². The molecule has 30 heavy (non-hydrogen) atoms. The fourth-order valence-corrected chi connectivity index (χ4v) is 4.03. The summed E-state index contributed by atoms with van der Waals surface area (Å²) in [6, 6.07) is 15.8. The smallest absolute Gasteiger partial charge is 0.253 e. The van der Waals surface area contributed by atoms with E-state index in [0.29, 0.717) is 22.8 Å². The molecule has 1 saturated heterocycles. The molecule has 156 valence electrons. The zero-order valence-corrected chi connectivity index (χ0v) is 18.2. The largest absolute Gasteiger partial charge is 0.348 e. The molecular formula is C24H27ClN4O. The maximum absolute atomic E-state index is 12.8. The van der Waals surface area contributed by atoms with Gasteiger partial charge in [-0.1, -0.05) is 35.9 Å². The zero-order chi connectivity index (χ0) is 21.1. The van der Waals surface area contributed by atoms with Crippen LogP contribution in [0.3, 0.4) is 0 Å². The van der Waals surface area contributed by atoms with E-state index >= 15 is 0 Å². The molecule has 1 aliphatic heterocycles. The molecule has 4 rings (SSSR count). The predicted octanol–water partition coefficient (Wildman–Crippen LogP) is 3.87. The maximum Gasteiger partial charge on any atom is 0.253 e. The van der Waals surface area contributed by atoms with Crippen LogP contribution in [0, 0.1) is 6.92 Å². The predicted molar refractivity (Wildman–Crippen MR) is 122 cm³/mol. The first kappa shape index (κ1) is 20.8. The molecule has 0 spiro atoms. The van der Waals surface area contributed by atoms with Crippen LogP contribution in [-0.2, 0) is 13.1 Å². The molecule has 1 N–H and O–H groups in total. The molecule has 0 atom stereocenters. The summed E-state index contributed by atoms with van der Waals surface area (Å²) < 4.78 is 0. The molecule has 3 aromatic rings. The summed E-state index contributed by atoms with van der Waals surface area (Å²) >= 11 is 6.09. The van der Waals surface area contributed by atoms with Crippen molar-refractivity contribution in [3.05, 3.63) is 75.9 Å². The van der Waals surface area contributed by atoms with Gasteiger partial charge in [0.1, 0.15) is 0 Å². The lowest BCUT2D eigenvalue weighted by atomic mass is 10.1. The summed E-state index contributed by atoms with van der Waals surface area (Å²) in [5, 5.41) is 4.54. The lowest BCUT2D eigenvalue weighted by Crippen LogP contribution is -2.43. The molecule has 0 unspecified atom stereocenters. The molecule has 0 bridgehead atoms. The Kier molecular flexibility index (Phi) is 6.32. The molecule has 2 heterocycles. The second-order valence-electron chi connectivity index (χ2n) is 8.04. The number of fused-ring (bicyclic) bond motifs is 1. The van der Waals surface area contributed by atoms with Crippen molar-refractivity contribution in [3.63, 3.8) is 0 Å². The van der Waals surface area contributed by atoms with Crippen LogP contribution in [0.5, 0.6) is 0 Å². The Morgan fingerprint density at radius 2 is 1.83 bits per heavy atom. The minimum absolute atomic E-state index is 0.119. The molecule has 1 aliphatic rings. The summed E-state index contributed by atoms with van der Waals surface area (Å²) in [6.07, 6.45) is 0. The van der Waals surface area contributed by atoms with Crippen molar-refractivity contribution in [2.75, 3.05) is 33.2 Å². The van der Waals surface area contributed by atoms with Gasteiger partial charge in [0.2, 0.25) is 0 Å². The number of amides is 1. The van der Waals surface area contributed by atoms with Gasteiger partial charge in [0, 0.05) is 49.7 Å². The van der Waals surface area contributed by atoms with Crippen LogP contribution in [-0.4, -0.2) is 53.9 Å². The quantitative estimate of drug-likeness (QED) is 0.678. The average Bonchev–Trinajstić information content (AvgIpc) is 2.74. The molecule has 0 radical (unpaired) electrons. The monoisotopic (exact) mass is 422 g/mol. The third kappa shape index (κ3) is 4.98. The van der Waals surface area contributed by atoms with Crippen LogP contribution in [0.2, 0.25) is 5.02 Å². The molecule has 0 saturated carbocycles. The maximum atomic E-state index is 12.8. The van der Waals surface area contributed by atoms with Crippen molar-refractivity contribution in [1.29, 1.82) is 0 Å². The van der Waals surface area contributed by atoms with Gasteiger partial charge in [0.05, 0.1) is 16.8 Å². The summed E-state index contributed by atoms with van der Waals surface area (Å²) in [5.74, 6) is -0.119. The highest BCUT2D eigenvalue weighted by molar-refractivity contribution is 6.31. The number of hydrogen-bond donors (Lipinski definition) is 1. The van der Waals surface area contributed by atoms with Gasteiger partial charge in [-0.3, -0.25) is 14.7 Å². The molecule has 0 aliphatic carbocycles. The first-order chi connectivity index (χ1) is 14.5. The Balaban J connectivity index is 1.41. The number of nitrogens with zero attached hydrogens (tertiary/aromatic N) is 3. The van der Waals surface area contributed by atoms with Crippen LogP contribution in [0.1, 0.15) is 27.2 Å². The minimum atomic E-state index is -0.119. The summed E-state index contributed by atoms with van der Waals surface area (Å²) in [5.41, 5.74) is 4.52. The third-order valence-corrected chi connectivity index (χ3v) is 5.89. The van der Waals surface area contributed by atoms with Gasteiger partial charge in [-0.15, -0.1) is 0 Å². The second kappa shape index (κ2) is 9.13. The summed E-state index contributed by atoms with van der Waals surface area (Å²) in [6.45, 7) is 7.71. The fraction of sp³-hybridized carbons (Fsp3) is 0.333. The fourth-order valence-electron chi connectivity index (χ4n) is 3.85. The number of likely N-dealkylation sites (N-methyl/N-ethyl adjacent to an activating group) is 1. The van der Waals surface area contributed by atoms with Crippen molar-refractivity contribution in [1.82, 2.24) is 20.1 Å². The number of aromatic nitrogens is 1. The summed E-state index contributed by atoms with van der Waals surface area (Å²) in [4.78, 5) is 22.2. The third-order valence-electron chi connectivity index (χ3n) is 5.66. The van der Waals surface area contributed by atoms with E-state index in [0.717, 1.165) is 49.2 Å². The van der Waals surface area contributed by atoms with Crippen molar-refractivity contribution in [2.24, 2.45) is 0 Å². The van der Waals surface area contributed by atoms with Gasteiger partial charge in [-0.05, 0) is 49.4 Å².